The summed E-state index contributed by atoms with van der Waals surface area (Å²) in [6, 6.07) is 8.42. The van der Waals surface area contributed by atoms with Gasteiger partial charge in [-0.1, -0.05) is 24.3 Å². The molecular formula is C11H14AuN2+. The Hall–Kier alpha value is -0.570. The van der Waals surface area contributed by atoms with E-state index in [9.17, 15) is 0 Å². The van der Waals surface area contributed by atoms with Crippen molar-refractivity contribution in [2.24, 2.45) is 0 Å². The van der Waals surface area contributed by atoms with Crippen molar-refractivity contribution in [2.45, 2.75) is 26.9 Å². The molecule has 0 saturated carbocycles. The molecule has 0 radical (unpaired) electrons. The molecule has 78 valence electrons. The smallest absolute Gasteiger partial charge is 0.344 e. The molecule has 3 heteroatoms. The van der Waals surface area contributed by atoms with E-state index in [0.29, 0.717) is 0 Å². The molecule has 0 spiro atoms. The molecule has 0 bridgehead atoms. The first kappa shape index (κ1) is 11.5. The van der Waals surface area contributed by atoms with Gasteiger partial charge in [0.2, 0.25) is 6.33 Å². The maximum absolute atomic E-state index is 3.32. The fraction of sp³-hybridized carbons (Fsp3) is 0.364. The van der Waals surface area contributed by atoms with Crippen LogP contribution in [-0.4, -0.2) is 4.57 Å². The Labute approximate surface area is 100 Å². The van der Waals surface area contributed by atoms with Crippen molar-refractivity contribution >= 4 is 11.0 Å². The molecule has 2 nitrogen and oxygen atoms in total. The van der Waals surface area contributed by atoms with Crippen LogP contribution < -0.4 is 4.57 Å². The van der Waals surface area contributed by atoms with Gasteiger partial charge in [-0.05, 0) is 13.8 Å². The van der Waals surface area contributed by atoms with Crippen LogP contribution in [0, 0.1) is 6.33 Å². The van der Waals surface area contributed by atoms with E-state index >= 15 is 0 Å². The largest absolute Gasteiger partial charge is 1.00 e. The predicted molar refractivity (Wildman–Crippen MR) is 52.3 cm³/mol. The van der Waals surface area contributed by atoms with Gasteiger partial charge in [0.15, 0.2) is 0 Å². The van der Waals surface area contributed by atoms with Crippen molar-refractivity contribution in [3.05, 3.63) is 30.6 Å². The summed E-state index contributed by atoms with van der Waals surface area (Å²) in [7, 11) is 0. The topological polar surface area (TPSA) is 8.81 Å². The van der Waals surface area contributed by atoms with Crippen molar-refractivity contribution in [1.82, 2.24) is 4.57 Å². The normalized spacial score (nSPS) is 10.1. The number of hydrogen-bond donors (Lipinski definition) is 0. The van der Waals surface area contributed by atoms with Crippen LogP contribution in [0.5, 0.6) is 0 Å². The van der Waals surface area contributed by atoms with Crippen molar-refractivity contribution in [2.75, 3.05) is 0 Å². The van der Waals surface area contributed by atoms with Crippen LogP contribution in [0.1, 0.15) is 13.8 Å². The van der Waals surface area contributed by atoms with Crippen molar-refractivity contribution in [3.63, 3.8) is 0 Å². The molecule has 0 aliphatic carbocycles. The number of benzene rings is 1. The molecule has 2 rings (SSSR count). The first-order valence-electron chi connectivity index (χ1n) is 4.77. The molecule has 0 N–H and O–H groups in total. The number of aryl methyl sites for hydroxylation is 2. The zero-order chi connectivity index (χ0) is 9.26. The van der Waals surface area contributed by atoms with E-state index in [1.165, 1.54) is 11.0 Å². The van der Waals surface area contributed by atoms with E-state index in [4.69, 9.17) is 0 Å². The second kappa shape index (κ2) is 4.78. The number of rotatable bonds is 2. The molecule has 1 heterocycles. The molecule has 0 aliphatic rings. The summed E-state index contributed by atoms with van der Waals surface area (Å²) in [6.07, 6.45) is 3.32. The molecule has 0 amide bonds. The van der Waals surface area contributed by atoms with Crippen LogP contribution in [0.2, 0.25) is 0 Å². The minimum Gasteiger partial charge on any atom is -0.344 e. The number of aromatic nitrogens is 2. The zero-order valence-corrected chi connectivity index (χ0v) is 10.6. The summed E-state index contributed by atoms with van der Waals surface area (Å²) in [5.41, 5.74) is 2.54. The van der Waals surface area contributed by atoms with E-state index in [-0.39, 0.29) is 22.4 Å². The third-order valence-electron chi connectivity index (χ3n) is 2.34. The van der Waals surface area contributed by atoms with Crippen LogP contribution in [-0.2, 0) is 35.5 Å². The molecule has 2 aromatic rings. The Kier molecular flexibility index (Phi) is 3.93. The summed E-state index contributed by atoms with van der Waals surface area (Å²) >= 11 is 0. The first-order chi connectivity index (χ1) is 6.36. The van der Waals surface area contributed by atoms with Crippen molar-refractivity contribution in [1.29, 1.82) is 0 Å². The third-order valence-corrected chi connectivity index (χ3v) is 2.34. The van der Waals surface area contributed by atoms with Gasteiger partial charge < -0.3 is 9.13 Å². The van der Waals surface area contributed by atoms with Gasteiger partial charge in [-0.25, -0.2) is 0 Å². The minimum absolute atomic E-state index is 0. The van der Waals surface area contributed by atoms with Crippen LogP contribution in [0.3, 0.4) is 0 Å². The zero-order valence-electron chi connectivity index (χ0n) is 8.42. The monoisotopic (exact) mass is 371 g/mol. The molecule has 1 aromatic carbocycles. The molecule has 0 fully saturated rings. The Morgan fingerprint density at radius 1 is 1.29 bits per heavy atom. The molecule has 0 unspecified atom stereocenters. The van der Waals surface area contributed by atoms with Gasteiger partial charge in [0.25, 0.3) is 0 Å². The van der Waals surface area contributed by atoms with E-state index < -0.39 is 0 Å². The van der Waals surface area contributed by atoms with Gasteiger partial charge in [-0.15, -0.1) is 0 Å². The van der Waals surface area contributed by atoms with Crippen molar-refractivity contribution < 1.29 is 26.9 Å². The first-order valence-corrected chi connectivity index (χ1v) is 4.77. The van der Waals surface area contributed by atoms with Crippen LogP contribution in [0.25, 0.3) is 11.0 Å². The van der Waals surface area contributed by atoms with E-state index in [1.807, 2.05) is 0 Å². The van der Waals surface area contributed by atoms with Gasteiger partial charge in [0.05, 0.1) is 13.1 Å². The van der Waals surface area contributed by atoms with E-state index in [0.717, 1.165) is 13.1 Å². The van der Waals surface area contributed by atoms with Gasteiger partial charge in [0, 0.05) is 11.0 Å². The van der Waals surface area contributed by atoms with E-state index in [2.05, 4.69) is 53.6 Å². The second-order valence-corrected chi connectivity index (χ2v) is 3.08. The third kappa shape index (κ3) is 1.78. The summed E-state index contributed by atoms with van der Waals surface area (Å²) in [5, 5.41) is 0. The van der Waals surface area contributed by atoms with Crippen LogP contribution in [0.15, 0.2) is 24.3 Å². The van der Waals surface area contributed by atoms with Gasteiger partial charge in [-0.2, -0.15) is 0 Å². The van der Waals surface area contributed by atoms with Gasteiger partial charge in [-0.3, -0.25) is 0 Å². The molecule has 0 atom stereocenters. The molecular weight excluding hydrogens is 357 g/mol. The molecule has 0 saturated heterocycles. The number of imidazole rings is 1. The second-order valence-electron chi connectivity index (χ2n) is 3.08. The summed E-state index contributed by atoms with van der Waals surface area (Å²) in [5.74, 6) is 0. The Bertz CT molecular complexity index is 382. The maximum Gasteiger partial charge on any atom is 1.00 e. The predicted octanol–water partition coefficient (Wildman–Crippen LogP) is 1.77. The quantitative estimate of drug-likeness (QED) is 0.432. The summed E-state index contributed by atoms with van der Waals surface area (Å²) in [6.45, 7) is 6.24. The maximum atomic E-state index is 3.32. The van der Waals surface area contributed by atoms with Crippen molar-refractivity contribution in [3.8, 4) is 0 Å². The average molecular weight is 371 g/mol. The SMILES string of the molecule is CCn1[c-][n+](CC)c2ccccc21.[Au+]. The van der Waals surface area contributed by atoms with Gasteiger partial charge in [0.1, 0.15) is 0 Å². The average Bonchev–Trinajstić information content (AvgIpc) is 2.56. The number of hydrogen-bond acceptors (Lipinski definition) is 0. The Morgan fingerprint density at radius 2 is 2.00 bits per heavy atom. The molecule has 1 aromatic heterocycles. The Balaban J connectivity index is 0.000000980. The minimum atomic E-state index is 0. The Morgan fingerprint density at radius 3 is 2.64 bits per heavy atom. The molecule has 14 heavy (non-hydrogen) atoms. The number of nitrogens with zero attached hydrogens (tertiary/aromatic N) is 2. The molecule has 0 aliphatic heterocycles. The van der Waals surface area contributed by atoms with Crippen LogP contribution in [0.4, 0.5) is 0 Å². The summed E-state index contributed by atoms with van der Waals surface area (Å²) in [4.78, 5) is 0. The van der Waals surface area contributed by atoms with Crippen LogP contribution >= 0.6 is 0 Å². The number of fused-ring (bicyclic) bond motifs is 1. The summed E-state index contributed by atoms with van der Waals surface area (Å²) < 4.78 is 4.30. The van der Waals surface area contributed by atoms with E-state index in [1.54, 1.807) is 0 Å². The fourth-order valence-corrected chi connectivity index (χ4v) is 1.66. The van der Waals surface area contributed by atoms with Gasteiger partial charge >= 0.3 is 22.4 Å². The fourth-order valence-electron chi connectivity index (χ4n) is 1.66. The number of para-hydroxylation sites is 2. The standard InChI is InChI=1S/C11H14N2.Au/c1-3-12-9-13(4-2)11-8-6-5-7-10(11)12;/h5-8H,3-4H2,1-2H3;/q;+1.